The van der Waals surface area contributed by atoms with Gasteiger partial charge in [-0.15, -0.1) is 0 Å². The van der Waals surface area contributed by atoms with Gasteiger partial charge in [-0.1, -0.05) is 96.8 Å². The summed E-state index contributed by atoms with van der Waals surface area (Å²) in [4.78, 5) is 27.9. The lowest BCUT2D eigenvalue weighted by atomic mass is 10.0. The summed E-state index contributed by atoms with van der Waals surface area (Å²) in [6, 6.07) is 3.14. The van der Waals surface area contributed by atoms with Crippen molar-refractivity contribution in [2.24, 2.45) is 0 Å². The van der Waals surface area contributed by atoms with Gasteiger partial charge in [0.15, 0.2) is 0 Å². The Morgan fingerprint density at radius 2 is 1.32 bits per heavy atom. The first-order valence-corrected chi connectivity index (χ1v) is 12.6. The number of pyridine rings is 1. The van der Waals surface area contributed by atoms with E-state index in [4.69, 9.17) is 4.74 Å². The van der Waals surface area contributed by atoms with Crippen molar-refractivity contribution in [1.82, 2.24) is 4.98 Å². The number of amides is 1. The number of nitrogens with one attached hydrogen (secondary N) is 1. The van der Waals surface area contributed by atoms with Crippen LogP contribution in [-0.4, -0.2) is 23.5 Å². The normalized spacial score (nSPS) is 10.8. The van der Waals surface area contributed by atoms with Gasteiger partial charge in [0.1, 0.15) is 5.82 Å². The molecule has 0 saturated heterocycles. The molecule has 1 amide bonds. The smallest absolute Gasteiger partial charge is 0.338 e. The average Bonchev–Trinajstić information content (AvgIpc) is 2.76. The molecule has 0 aliphatic carbocycles. The minimum absolute atomic E-state index is 0.0526. The topological polar surface area (TPSA) is 68.3 Å². The van der Waals surface area contributed by atoms with E-state index in [1.165, 1.54) is 89.7 Å². The van der Waals surface area contributed by atoms with Crippen LogP contribution in [0.3, 0.4) is 0 Å². The molecule has 0 aliphatic heterocycles. The average molecular weight is 433 g/mol. The van der Waals surface area contributed by atoms with Crippen LogP contribution in [-0.2, 0) is 9.53 Å². The fraction of sp³-hybridized carbons (Fsp3) is 0.731. The summed E-state index contributed by atoms with van der Waals surface area (Å²) in [5, 5.41) is 2.77. The molecule has 1 heterocycles. The highest BCUT2D eigenvalue weighted by molar-refractivity contribution is 5.93. The van der Waals surface area contributed by atoms with E-state index in [-0.39, 0.29) is 5.91 Å². The maximum Gasteiger partial charge on any atom is 0.338 e. The van der Waals surface area contributed by atoms with Crippen molar-refractivity contribution < 1.29 is 14.3 Å². The molecule has 1 N–H and O–H groups in total. The Hall–Kier alpha value is -1.91. The van der Waals surface area contributed by atoms with Gasteiger partial charge in [0.2, 0.25) is 5.91 Å². The quantitative estimate of drug-likeness (QED) is 0.182. The van der Waals surface area contributed by atoms with E-state index in [9.17, 15) is 9.59 Å². The third kappa shape index (κ3) is 14.7. The van der Waals surface area contributed by atoms with Crippen LogP contribution in [0, 0.1) is 0 Å². The molecule has 0 unspecified atom stereocenters. The Bertz CT molecular complexity index is 604. The Labute approximate surface area is 189 Å². The van der Waals surface area contributed by atoms with Gasteiger partial charge >= 0.3 is 5.97 Å². The van der Waals surface area contributed by atoms with Crippen LogP contribution in [0.5, 0.6) is 0 Å². The predicted molar refractivity (Wildman–Crippen MR) is 128 cm³/mol. The molecular formula is C26H44N2O3. The minimum Gasteiger partial charge on any atom is -0.462 e. The van der Waals surface area contributed by atoms with Crippen LogP contribution in [0.1, 0.15) is 127 Å². The number of carbonyl (C=O) groups excluding carboxylic acids is 2. The first-order valence-electron chi connectivity index (χ1n) is 12.6. The van der Waals surface area contributed by atoms with E-state index >= 15 is 0 Å². The second kappa shape index (κ2) is 18.8. The monoisotopic (exact) mass is 432 g/mol. The zero-order valence-corrected chi connectivity index (χ0v) is 19.9. The van der Waals surface area contributed by atoms with Gasteiger partial charge in [-0.05, 0) is 25.5 Å². The molecule has 0 atom stereocenters. The standard InChI is InChI=1S/C26H44N2O3/c1-3-5-6-7-8-9-10-11-12-13-14-15-16-17-18-19-25(29)28-24-22-23(20-21-27-24)26(30)31-4-2/h20-22H,3-19H2,1-2H3,(H,27,28,29). The number of esters is 1. The third-order valence-electron chi connectivity index (χ3n) is 5.55. The van der Waals surface area contributed by atoms with Crippen molar-refractivity contribution in [1.29, 1.82) is 0 Å². The Balaban J connectivity index is 1.96. The van der Waals surface area contributed by atoms with Gasteiger partial charge in [0.25, 0.3) is 0 Å². The number of aromatic nitrogens is 1. The number of rotatable bonds is 19. The van der Waals surface area contributed by atoms with Crippen LogP contribution in [0.15, 0.2) is 18.3 Å². The summed E-state index contributed by atoms with van der Waals surface area (Å²) >= 11 is 0. The SMILES string of the molecule is CCCCCCCCCCCCCCCCCC(=O)Nc1cc(C(=O)OCC)ccn1. The number of carbonyl (C=O) groups is 2. The largest absolute Gasteiger partial charge is 0.462 e. The zero-order chi connectivity index (χ0) is 22.6. The van der Waals surface area contributed by atoms with Gasteiger partial charge in [-0.2, -0.15) is 0 Å². The summed E-state index contributed by atoms with van der Waals surface area (Å²) in [6.45, 7) is 4.35. The van der Waals surface area contributed by atoms with Gasteiger partial charge in [0.05, 0.1) is 12.2 Å². The van der Waals surface area contributed by atoms with Gasteiger partial charge in [-0.3, -0.25) is 4.79 Å². The van der Waals surface area contributed by atoms with Crippen LogP contribution in [0.4, 0.5) is 5.82 Å². The fourth-order valence-electron chi connectivity index (χ4n) is 3.70. The molecule has 0 aliphatic rings. The first-order chi connectivity index (χ1) is 15.2. The van der Waals surface area contributed by atoms with Crippen molar-refractivity contribution >= 4 is 17.7 Å². The van der Waals surface area contributed by atoms with Gasteiger partial charge < -0.3 is 10.1 Å². The summed E-state index contributed by atoms with van der Waals surface area (Å²) in [5.74, 6) is -0.0532. The van der Waals surface area contributed by atoms with Crippen molar-refractivity contribution in [2.45, 2.75) is 117 Å². The summed E-state index contributed by atoms with van der Waals surface area (Å²) < 4.78 is 4.97. The van der Waals surface area contributed by atoms with Crippen molar-refractivity contribution in [2.75, 3.05) is 11.9 Å². The Kier molecular flexibility index (Phi) is 16.5. The van der Waals surface area contributed by atoms with E-state index in [2.05, 4.69) is 17.2 Å². The minimum atomic E-state index is -0.400. The molecule has 1 rings (SSSR count). The number of hydrogen-bond acceptors (Lipinski definition) is 4. The lowest BCUT2D eigenvalue weighted by Gasteiger charge is -2.06. The van der Waals surface area contributed by atoms with Gasteiger partial charge in [0, 0.05) is 12.6 Å². The van der Waals surface area contributed by atoms with E-state index < -0.39 is 5.97 Å². The van der Waals surface area contributed by atoms with Crippen LogP contribution < -0.4 is 5.32 Å². The molecule has 1 aromatic rings. The molecule has 0 saturated carbocycles. The molecule has 5 nitrogen and oxygen atoms in total. The van der Waals surface area contributed by atoms with Gasteiger partial charge in [-0.25, -0.2) is 9.78 Å². The molecule has 1 aromatic heterocycles. The highest BCUT2D eigenvalue weighted by Crippen LogP contribution is 2.14. The van der Waals surface area contributed by atoms with E-state index in [0.29, 0.717) is 24.4 Å². The highest BCUT2D eigenvalue weighted by Gasteiger charge is 2.09. The molecule has 5 heteroatoms. The van der Waals surface area contributed by atoms with Crippen LogP contribution >= 0.6 is 0 Å². The lowest BCUT2D eigenvalue weighted by molar-refractivity contribution is -0.116. The van der Waals surface area contributed by atoms with E-state index in [1.54, 1.807) is 19.1 Å². The van der Waals surface area contributed by atoms with Crippen molar-refractivity contribution in [3.05, 3.63) is 23.9 Å². The molecular weight excluding hydrogens is 388 g/mol. The highest BCUT2D eigenvalue weighted by atomic mass is 16.5. The second-order valence-corrected chi connectivity index (χ2v) is 8.40. The summed E-state index contributed by atoms with van der Waals surface area (Å²) in [6.07, 6.45) is 21.6. The summed E-state index contributed by atoms with van der Waals surface area (Å²) in [5.41, 5.74) is 0.402. The van der Waals surface area contributed by atoms with E-state index in [0.717, 1.165) is 12.8 Å². The maximum absolute atomic E-state index is 12.1. The van der Waals surface area contributed by atoms with Crippen LogP contribution in [0.25, 0.3) is 0 Å². The summed E-state index contributed by atoms with van der Waals surface area (Å²) in [7, 11) is 0. The molecule has 176 valence electrons. The number of ether oxygens (including phenoxy) is 1. The molecule has 31 heavy (non-hydrogen) atoms. The molecule has 0 aromatic carbocycles. The number of anilines is 1. The molecule has 0 bridgehead atoms. The predicted octanol–water partition coefficient (Wildman–Crippen LogP) is 7.46. The maximum atomic E-state index is 12.1. The molecule has 0 spiro atoms. The second-order valence-electron chi connectivity index (χ2n) is 8.40. The fourth-order valence-corrected chi connectivity index (χ4v) is 3.70. The first kappa shape index (κ1) is 27.1. The Morgan fingerprint density at radius 1 is 0.806 bits per heavy atom. The Morgan fingerprint density at radius 3 is 1.84 bits per heavy atom. The lowest BCUT2D eigenvalue weighted by Crippen LogP contribution is -2.13. The van der Waals surface area contributed by atoms with Crippen molar-refractivity contribution in [3.63, 3.8) is 0 Å². The number of hydrogen-bond donors (Lipinski definition) is 1. The van der Waals surface area contributed by atoms with Crippen LogP contribution in [0.2, 0.25) is 0 Å². The third-order valence-corrected chi connectivity index (χ3v) is 5.55. The molecule has 0 radical (unpaired) electrons. The van der Waals surface area contributed by atoms with Crippen molar-refractivity contribution in [3.8, 4) is 0 Å². The van der Waals surface area contributed by atoms with E-state index in [1.807, 2.05) is 0 Å². The number of unbranched alkanes of at least 4 members (excludes halogenated alkanes) is 14. The molecule has 0 fully saturated rings. The number of nitrogens with zero attached hydrogens (tertiary/aromatic N) is 1. The zero-order valence-electron chi connectivity index (χ0n) is 19.9.